The first kappa shape index (κ1) is 16.1. The van der Waals surface area contributed by atoms with Gasteiger partial charge in [0.1, 0.15) is 16.4 Å². The summed E-state index contributed by atoms with van der Waals surface area (Å²) in [5.41, 5.74) is 7.57. The number of aromatic nitrogens is 5. The normalized spacial score (nSPS) is 11.5. The summed E-state index contributed by atoms with van der Waals surface area (Å²) in [6, 6.07) is 9.71. The zero-order valence-corrected chi connectivity index (χ0v) is 15.1. The Morgan fingerprint density at radius 3 is 2.85 bits per heavy atom. The van der Waals surface area contributed by atoms with Crippen LogP contribution < -0.4 is 5.73 Å². The smallest absolute Gasteiger partial charge is 0.192 e. The van der Waals surface area contributed by atoms with Crippen molar-refractivity contribution in [2.75, 3.05) is 5.73 Å². The molecule has 4 heterocycles. The van der Waals surface area contributed by atoms with Crippen LogP contribution in [0, 0.1) is 5.82 Å². The number of benzene rings is 1. The topological polar surface area (TPSA) is 93.4 Å². The summed E-state index contributed by atoms with van der Waals surface area (Å²) >= 11 is 7.40. The molecule has 0 spiro atoms. The molecule has 0 radical (unpaired) electrons. The van der Waals surface area contributed by atoms with E-state index < -0.39 is 5.82 Å². The minimum Gasteiger partial charge on any atom is -0.381 e. The Morgan fingerprint density at radius 1 is 1.15 bits per heavy atom. The number of hydrogen-bond acceptors (Lipinski definition) is 6. The lowest BCUT2D eigenvalue weighted by Gasteiger charge is -2.06. The Bertz CT molecular complexity index is 1300. The van der Waals surface area contributed by atoms with Crippen molar-refractivity contribution in [3.8, 4) is 22.0 Å². The molecule has 5 rings (SSSR count). The number of anilines is 1. The standard InChI is InChI=1S/C18H10ClFN6S/c19-12-7-23-18-14(24-12)9(6-22-18)17-25-15(13(20)16(21)26-17)11-5-8-3-1-2-4-10(8)27-11/h1-7H,(H,22,23)(H2,21,25,26). The van der Waals surface area contributed by atoms with Crippen LogP contribution in [0.5, 0.6) is 0 Å². The largest absolute Gasteiger partial charge is 0.381 e. The van der Waals surface area contributed by atoms with Crippen molar-refractivity contribution in [1.82, 2.24) is 24.9 Å². The fourth-order valence-electron chi connectivity index (χ4n) is 2.89. The van der Waals surface area contributed by atoms with Crippen molar-refractivity contribution < 1.29 is 4.39 Å². The van der Waals surface area contributed by atoms with Gasteiger partial charge in [-0.05, 0) is 17.5 Å². The lowest BCUT2D eigenvalue weighted by atomic mass is 10.2. The number of H-pyrrole nitrogens is 1. The highest BCUT2D eigenvalue weighted by Crippen LogP contribution is 2.36. The molecule has 9 heteroatoms. The average Bonchev–Trinajstić information content (AvgIpc) is 3.27. The summed E-state index contributed by atoms with van der Waals surface area (Å²) in [7, 11) is 0. The molecule has 0 aliphatic rings. The lowest BCUT2D eigenvalue weighted by Crippen LogP contribution is -2.02. The highest BCUT2D eigenvalue weighted by atomic mass is 35.5. The van der Waals surface area contributed by atoms with Crippen molar-refractivity contribution in [1.29, 1.82) is 0 Å². The molecule has 0 bridgehead atoms. The maximum absolute atomic E-state index is 14.7. The van der Waals surface area contributed by atoms with Crippen molar-refractivity contribution >= 4 is 50.0 Å². The summed E-state index contributed by atoms with van der Waals surface area (Å²) in [6.45, 7) is 0. The minimum atomic E-state index is -0.644. The van der Waals surface area contributed by atoms with Gasteiger partial charge in [-0.1, -0.05) is 29.8 Å². The average molecular weight is 397 g/mol. The number of nitrogens with one attached hydrogen (secondary N) is 1. The molecule has 3 N–H and O–H groups in total. The highest BCUT2D eigenvalue weighted by molar-refractivity contribution is 7.22. The molecule has 0 aliphatic heterocycles. The molecule has 0 unspecified atom stereocenters. The molecule has 0 saturated heterocycles. The van der Waals surface area contributed by atoms with Gasteiger partial charge >= 0.3 is 0 Å². The van der Waals surface area contributed by atoms with E-state index in [2.05, 4.69) is 24.9 Å². The molecule has 1 aromatic carbocycles. The van der Waals surface area contributed by atoms with Crippen molar-refractivity contribution in [3.05, 3.63) is 53.7 Å². The zero-order chi connectivity index (χ0) is 18.5. The Kier molecular flexibility index (Phi) is 3.56. The van der Waals surface area contributed by atoms with E-state index in [-0.39, 0.29) is 22.5 Å². The maximum Gasteiger partial charge on any atom is 0.192 e. The molecule has 6 nitrogen and oxygen atoms in total. The number of thiophene rings is 1. The van der Waals surface area contributed by atoms with Crippen LogP contribution in [0.15, 0.2) is 42.7 Å². The summed E-state index contributed by atoms with van der Waals surface area (Å²) in [5, 5.41) is 1.25. The van der Waals surface area contributed by atoms with E-state index in [0.717, 1.165) is 10.1 Å². The van der Waals surface area contributed by atoms with E-state index in [4.69, 9.17) is 17.3 Å². The number of rotatable bonds is 2. The quantitative estimate of drug-likeness (QED) is 0.452. The molecule has 0 saturated carbocycles. The third-order valence-corrected chi connectivity index (χ3v) is 5.43. The zero-order valence-electron chi connectivity index (χ0n) is 13.6. The predicted octanol–water partition coefficient (Wildman–Crippen LogP) is 4.67. The van der Waals surface area contributed by atoms with E-state index in [1.165, 1.54) is 17.5 Å². The Morgan fingerprint density at radius 2 is 2.00 bits per heavy atom. The molecule has 0 aliphatic carbocycles. The van der Waals surface area contributed by atoms with Gasteiger partial charge in [0.15, 0.2) is 23.1 Å². The van der Waals surface area contributed by atoms with Gasteiger partial charge in [-0.15, -0.1) is 11.3 Å². The van der Waals surface area contributed by atoms with Crippen molar-refractivity contribution in [2.45, 2.75) is 0 Å². The van der Waals surface area contributed by atoms with Gasteiger partial charge < -0.3 is 10.7 Å². The van der Waals surface area contributed by atoms with E-state index >= 15 is 0 Å². The predicted molar refractivity (Wildman–Crippen MR) is 105 cm³/mol. The Balaban J connectivity index is 1.74. The first-order chi connectivity index (χ1) is 13.1. The van der Waals surface area contributed by atoms with Gasteiger partial charge in [0.2, 0.25) is 0 Å². The van der Waals surface area contributed by atoms with Crippen LogP contribution in [0.2, 0.25) is 5.15 Å². The summed E-state index contributed by atoms with van der Waals surface area (Å²) in [4.78, 5) is 20.6. The number of aromatic amines is 1. The number of nitrogen functional groups attached to an aromatic ring is 1. The first-order valence-electron chi connectivity index (χ1n) is 7.92. The number of nitrogens with zero attached hydrogens (tertiary/aromatic N) is 4. The van der Waals surface area contributed by atoms with Crippen LogP contribution in [-0.4, -0.2) is 24.9 Å². The third kappa shape index (κ3) is 2.61. The van der Waals surface area contributed by atoms with E-state index in [1.807, 2.05) is 30.3 Å². The molecule has 0 atom stereocenters. The van der Waals surface area contributed by atoms with E-state index in [9.17, 15) is 4.39 Å². The molecule has 0 fully saturated rings. The fraction of sp³-hybridized carbons (Fsp3) is 0. The molecule has 4 aromatic heterocycles. The third-order valence-electron chi connectivity index (χ3n) is 4.13. The molecule has 0 amide bonds. The van der Waals surface area contributed by atoms with Gasteiger partial charge in [0.05, 0.1) is 16.6 Å². The minimum absolute atomic E-state index is 0.156. The number of hydrogen-bond donors (Lipinski definition) is 2. The summed E-state index contributed by atoms with van der Waals surface area (Å²) in [6.07, 6.45) is 3.09. The van der Waals surface area contributed by atoms with E-state index in [0.29, 0.717) is 21.6 Å². The van der Waals surface area contributed by atoms with Crippen LogP contribution in [0.4, 0.5) is 10.2 Å². The van der Waals surface area contributed by atoms with Crippen LogP contribution in [-0.2, 0) is 0 Å². The number of nitrogens with two attached hydrogens (primary N) is 1. The number of halogens is 2. The monoisotopic (exact) mass is 396 g/mol. The van der Waals surface area contributed by atoms with Crippen LogP contribution in [0.3, 0.4) is 0 Å². The van der Waals surface area contributed by atoms with Crippen LogP contribution >= 0.6 is 22.9 Å². The Hall–Kier alpha value is -3.10. The Labute approximate surface area is 160 Å². The van der Waals surface area contributed by atoms with Gasteiger partial charge in [-0.3, -0.25) is 0 Å². The molecular formula is C18H10ClFN6S. The highest BCUT2D eigenvalue weighted by Gasteiger charge is 2.19. The van der Waals surface area contributed by atoms with Crippen LogP contribution in [0.1, 0.15) is 0 Å². The second-order valence-electron chi connectivity index (χ2n) is 5.84. The number of fused-ring (bicyclic) bond motifs is 2. The fourth-order valence-corrected chi connectivity index (χ4v) is 4.07. The molecule has 132 valence electrons. The molecule has 27 heavy (non-hydrogen) atoms. The second-order valence-corrected chi connectivity index (χ2v) is 7.31. The SMILES string of the molecule is Nc1nc(-c2c[nH]c3ncc(Cl)nc23)nc(-c2cc3ccccc3s2)c1F. The van der Waals surface area contributed by atoms with Gasteiger partial charge in [0.25, 0.3) is 0 Å². The van der Waals surface area contributed by atoms with Crippen LogP contribution in [0.25, 0.3) is 43.2 Å². The maximum atomic E-state index is 14.7. The molecular weight excluding hydrogens is 387 g/mol. The van der Waals surface area contributed by atoms with Gasteiger partial charge in [-0.25, -0.2) is 24.3 Å². The van der Waals surface area contributed by atoms with Gasteiger partial charge in [-0.2, -0.15) is 0 Å². The lowest BCUT2D eigenvalue weighted by molar-refractivity contribution is 0.625. The first-order valence-corrected chi connectivity index (χ1v) is 9.11. The van der Waals surface area contributed by atoms with E-state index in [1.54, 1.807) is 6.20 Å². The summed E-state index contributed by atoms with van der Waals surface area (Å²) < 4.78 is 15.8. The van der Waals surface area contributed by atoms with Gasteiger partial charge in [0, 0.05) is 10.9 Å². The summed E-state index contributed by atoms with van der Waals surface area (Å²) in [5.74, 6) is -0.616. The van der Waals surface area contributed by atoms with Crippen molar-refractivity contribution in [2.24, 2.45) is 0 Å². The second kappa shape index (κ2) is 5.97. The molecule has 5 aromatic rings. The van der Waals surface area contributed by atoms with Crippen molar-refractivity contribution in [3.63, 3.8) is 0 Å².